The van der Waals surface area contributed by atoms with Crippen molar-refractivity contribution in [2.45, 2.75) is 13.0 Å². The summed E-state index contributed by atoms with van der Waals surface area (Å²) in [6.07, 6.45) is 3.26. The van der Waals surface area contributed by atoms with Gasteiger partial charge in [-0.05, 0) is 23.9 Å². The molecule has 2 nitrogen and oxygen atoms in total. The highest BCUT2D eigenvalue weighted by Crippen LogP contribution is 2.34. The first-order valence-corrected chi connectivity index (χ1v) is 5.47. The molecule has 0 saturated heterocycles. The van der Waals surface area contributed by atoms with Crippen LogP contribution in [0.4, 0.5) is 0 Å². The van der Waals surface area contributed by atoms with Crippen LogP contribution >= 0.6 is 22.9 Å². The lowest BCUT2D eigenvalue weighted by atomic mass is 10.1. The predicted molar refractivity (Wildman–Crippen MR) is 58.8 cm³/mol. The first kappa shape index (κ1) is 9.77. The second-order valence-electron chi connectivity index (χ2n) is 3.13. The molecule has 0 saturated carbocycles. The second kappa shape index (κ2) is 3.77. The summed E-state index contributed by atoms with van der Waals surface area (Å²) in [5, 5.41) is 2.78. The number of nitrogens with two attached hydrogens (primary N) is 1. The van der Waals surface area contributed by atoms with Crippen molar-refractivity contribution in [3.05, 3.63) is 45.0 Å². The number of furan rings is 1. The fourth-order valence-electron chi connectivity index (χ4n) is 1.26. The van der Waals surface area contributed by atoms with Gasteiger partial charge in [0.25, 0.3) is 0 Å². The number of rotatable bonds is 2. The largest absolute Gasteiger partial charge is 0.472 e. The maximum atomic E-state index is 6.12. The third-order valence-electron chi connectivity index (χ3n) is 2.11. The summed E-state index contributed by atoms with van der Waals surface area (Å²) in [4.78, 5) is 0.991. The molecule has 0 aliphatic carbocycles. The lowest BCUT2D eigenvalue weighted by Gasteiger charge is -2.07. The highest BCUT2D eigenvalue weighted by molar-refractivity contribution is 7.10. The minimum atomic E-state index is -0.181. The van der Waals surface area contributed by atoms with Crippen LogP contribution in [0.1, 0.15) is 22.0 Å². The van der Waals surface area contributed by atoms with Gasteiger partial charge in [-0.1, -0.05) is 11.6 Å². The zero-order valence-corrected chi connectivity index (χ0v) is 9.23. The Morgan fingerprint density at radius 1 is 1.57 bits per heavy atom. The average molecular weight is 228 g/mol. The molecule has 0 aliphatic rings. The minimum Gasteiger partial charge on any atom is -0.472 e. The maximum Gasteiger partial charge on any atom is 0.0954 e. The summed E-state index contributed by atoms with van der Waals surface area (Å²) < 4.78 is 4.99. The number of thiophene rings is 1. The summed E-state index contributed by atoms with van der Waals surface area (Å²) in [5.74, 6) is 0. The van der Waals surface area contributed by atoms with Gasteiger partial charge in [-0.25, -0.2) is 0 Å². The molecule has 74 valence electrons. The van der Waals surface area contributed by atoms with E-state index in [1.165, 1.54) is 0 Å². The molecule has 0 spiro atoms. The molecule has 0 fully saturated rings. The molecule has 2 aromatic rings. The molecule has 1 atom stereocenters. The van der Waals surface area contributed by atoms with Gasteiger partial charge >= 0.3 is 0 Å². The van der Waals surface area contributed by atoms with Crippen molar-refractivity contribution in [1.29, 1.82) is 0 Å². The summed E-state index contributed by atoms with van der Waals surface area (Å²) >= 11 is 7.70. The molecule has 1 unspecified atom stereocenters. The maximum absolute atomic E-state index is 6.12. The number of aryl methyl sites for hydroxylation is 1. The van der Waals surface area contributed by atoms with E-state index in [-0.39, 0.29) is 6.04 Å². The van der Waals surface area contributed by atoms with Crippen LogP contribution in [0.25, 0.3) is 0 Å². The van der Waals surface area contributed by atoms with Gasteiger partial charge in [-0.15, -0.1) is 11.3 Å². The van der Waals surface area contributed by atoms with Crippen molar-refractivity contribution >= 4 is 22.9 Å². The molecule has 0 aromatic carbocycles. The summed E-state index contributed by atoms with van der Waals surface area (Å²) in [5.41, 5.74) is 8.07. The standard InChI is InChI=1S/C10H10ClNOS/c1-6-5-14-10(8(6)11)9(12)7-2-3-13-4-7/h2-5,9H,12H2,1H3. The third-order valence-corrected chi connectivity index (χ3v) is 3.91. The van der Waals surface area contributed by atoms with E-state index in [2.05, 4.69) is 0 Å². The van der Waals surface area contributed by atoms with Gasteiger partial charge in [0.2, 0.25) is 0 Å². The average Bonchev–Trinajstić information content (AvgIpc) is 2.77. The van der Waals surface area contributed by atoms with Crippen molar-refractivity contribution in [3.8, 4) is 0 Å². The molecular weight excluding hydrogens is 218 g/mol. The molecule has 2 N–H and O–H groups in total. The second-order valence-corrected chi connectivity index (χ2v) is 4.42. The van der Waals surface area contributed by atoms with E-state index < -0.39 is 0 Å². The van der Waals surface area contributed by atoms with Gasteiger partial charge < -0.3 is 10.2 Å². The van der Waals surface area contributed by atoms with Crippen LogP contribution in [-0.4, -0.2) is 0 Å². The summed E-state index contributed by atoms with van der Waals surface area (Å²) in [7, 11) is 0. The van der Waals surface area contributed by atoms with Gasteiger partial charge in [0.1, 0.15) is 0 Å². The van der Waals surface area contributed by atoms with Gasteiger partial charge in [-0.2, -0.15) is 0 Å². The van der Waals surface area contributed by atoms with Crippen molar-refractivity contribution in [3.63, 3.8) is 0 Å². The molecule has 14 heavy (non-hydrogen) atoms. The Morgan fingerprint density at radius 3 is 2.86 bits per heavy atom. The Labute approximate surface area is 91.3 Å². The topological polar surface area (TPSA) is 39.2 Å². The lowest BCUT2D eigenvalue weighted by molar-refractivity contribution is 0.562. The van der Waals surface area contributed by atoms with E-state index in [1.807, 2.05) is 18.4 Å². The molecule has 0 radical (unpaired) electrons. The van der Waals surface area contributed by atoms with Gasteiger partial charge in [0.15, 0.2) is 0 Å². The van der Waals surface area contributed by atoms with Crippen LogP contribution in [0.5, 0.6) is 0 Å². The summed E-state index contributed by atoms with van der Waals surface area (Å²) in [6.45, 7) is 1.98. The molecule has 0 aliphatic heterocycles. The van der Waals surface area contributed by atoms with Crippen LogP contribution in [0.15, 0.2) is 28.4 Å². The number of hydrogen-bond acceptors (Lipinski definition) is 3. The van der Waals surface area contributed by atoms with Gasteiger partial charge in [-0.3, -0.25) is 0 Å². The zero-order valence-electron chi connectivity index (χ0n) is 7.66. The van der Waals surface area contributed by atoms with Gasteiger partial charge in [0.05, 0.1) is 23.6 Å². The van der Waals surface area contributed by atoms with E-state index in [0.717, 1.165) is 21.0 Å². The van der Waals surface area contributed by atoms with Gasteiger partial charge in [0, 0.05) is 10.4 Å². The molecule has 0 amide bonds. The Kier molecular flexibility index (Phi) is 2.63. The fourth-order valence-corrected chi connectivity index (χ4v) is 2.60. The van der Waals surface area contributed by atoms with E-state index in [9.17, 15) is 0 Å². The minimum absolute atomic E-state index is 0.181. The van der Waals surface area contributed by atoms with Crippen molar-refractivity contribution in [1.82, 2.24) is 0 Å². The normalized spacial score (nSPS) is 13.1. The third kappa shape index (κ3) is 1.59. The highest BCUT2D eigenvalue weighted by atomic mass is 35.5. The SMILES string of the molecule is Cc1csc(C(N)c2ccoc2)c1Cl. The van der Waals surface area contributed by atoms with Crippen molar-refractivity contribution < 1.29 is 4.42 Å². The number of hydrogen-bond donors (Lipinski definition) is 1. The Bertz CT molecular complexity index is 421. The smallest absolute Gasteiger partial charge is 0.0954 e. The Hall–Kier alpha value is -0.770. The quantitative estimate of drug-likeness (QED) is 0.855. The van der Waals surface area contributed by atoms with E-state index >= 15 is 0 Å². The zero-order chi connectivity index (χ0) is 10.1. The van der Waals surface area contributed by atoms with E-state index in [4.69, 9.17) is 21.8 Å². The Balaban J connectivity index is 2.36. The van der Waals surface area contributed by atoms with Crippen LogP contribution in [-0.2, 0) is 0 Å². The lowest BCUT2D eigenvalue weighted by Crippen LogP contribution is -2.09. The van der Waals surface area contributed by atoms with Crippen LogP contribution < -0.4 is 5.73 Å². The molecule has 2 rings (SSSR count). The first-order valence-electron chi connectivity index (χ1n) is 4.21. The summed E-state index contributed by atoms with van der Waals surface area (Å²) in [6, 6.07) is 1.68. The van der Waals surface area contributed by atoms with E-state index in [0.29, 0.717) is 0 Å². The fraction of sp³-hybridized carbons (Fsp3) is 0.200. The van der Waals surface area contributed by atoms with Crippen LogP contribution in [0, 0.1) is 6.92 Å². The molecular formula is C10H10ClNOS. The van der Waals surface area contributed by atoms with Crippen LogP contribution in [0.2, 0.25) is 5.02 Å². The molecule has 2 aromatic heterocycles. The molecule has 2 heterocycles. The van der Waals surface area contributed by atoms with E-state index in [1.54, 1.807) is 23.9 Å². The molecule has 4 heteroatoms. The molecule has 0 bridgehead atoms. The number of halogens is 1. The van der Waals surface area contributed by atoms with Crippen molar-refractivity contribution in [2.24, 2.45) is 5.73 Å². The van der Waals surface area contributed by atoms with Crippen molar-refractivity contribution in [2.75, 3.05) is 0 Å². The Morgan fingerprint density at radius 2 is 2.36 bits per heavy atom. The predicted octanol–water partition coefficient (Wildman–Crippen LogP) is 3.35. The first-order chi connectivity index (χ1) is 6.70. The monoisotopic (exact) mass is 227 g/mol. The highest BCUT2D eigenvalue weighted by Gasteiger charge is 2.16. The van der Waals surface area contributed by atoms with Crippen LogP contribution in [0.3, 0.4) is 0 Å².